The largest absolute Gasteiger partial charge is 0.462 e. The van der Waals surface area contributed by atoms with E-state index in [1.165, 1.54) is 0 Å². The summed E-state index contributed by atoms with van der Waals surface area (Å²) in [5.41, 5.74) is 5.01. The highest BCUT2D eigenvalue weighted by atomic mass is 16.7. The number of para-hydroxylation sites is 1. The molecule has 1 saturated heterocycles. The summed E-state index contributed by atoms with van der Waals surface area (Å²) in [5, 5.41) is 39.9. The van der Waals surface area contributed by atoms with Gasteiger partial charge in [-0.3, -0.25) is 9.59 Å². The summed E-state index contributed by atoms with van der Waals surface area (Å²) in [6.45, 7) is -0.553. The molecule has 0 aromatic heterocycles. The van der Waals surface area contributed by atoms with Crippen molar-refractivity contribution in [2.45, 2.75) is 75.1 Å². The molecule has 2 aliphatic carbocycles. The Balaban J connectivity index is 1.37. The SMILES string of the molecule is O=C1CCCC2=C1C(c1ccc(O[C@@H]3O[C@H](CO)[C@@H](O)[C@@H](O)[C@H]3O)cc1)C1=C(CCCC1=O)N2c1ccccc1. The van der Waals surface area contributed by atoms with Crippen LogP contribution in [0, 0.1) is 0 Å². The third-order valence-corrected chi connectivity index (χ3v) is 8.30. The lowest BCUT2D eigenvalue weighted by Gasteiger charge is -2.44. The first kappa shape index (κ1) is 26.9. The Morgan fingerprint density at radius 2 is 1.38 bits per heavy atom. The summed E-state index contributed by atoms with van der Waals surface area (Å²) in [6, 6.07) is 16.9. The number of aliphatic hydroxyl groups excluding tert-OH is 4. The summed E-state index contributed by atoms with van der Waals surface area (Å²) in [7, 11) is 0. The van der Waals surface area contributed by atoms with Gasteiger partial charge in [0.15, 0.2) is 11.6 Å². The second kappa shape index (κ2) is 10.9. The zero-order valence-electron chi connectivity index (χ0n) is 22.0. The van der Waals surface area contributed by atoms with Gasteiger partial charge in [-0.2, -0.15) is 0 Å². The fourth-order valence-corrected chi connectivity index (χ4v) is 6.38. The number of anilines is 1. The lowest BCUT2D eigenvalue weighted by molar-refractivity contribution is -0.277. The molecule has 0 amide bonds. The maximum Gasteiger partial charge on any atom is 0.229 e. The zero-order valence-corrected chi connectivity index (χ0v) is 22.0. The van der Waals surface area contributed by atoms with Crippen LogP contribution < -0.4 is 9.64 Å². The molecule has 4 N–H and O–H groups in total. The van der Waals surface area contributed by atoms with Crippen molar-refractivity contribution < 1.29 is 39.5 Å². The number of hydrogen-bond acceptors (Lipinski definition) is 9. The summed E-state index contributed by atoms with van der Waals surface area (Å²) in [6.07, 6.45) is -3.05. The molecule has 0 saturated carbocycles. The van der Waals surface area contributed by atoms with Gasteiger partial charge in [-0.05, 0) is 55.5 Å². The number of rotatable bonds is 5. The fraction of sp³-hybridized carbons (Fsp3) is 0.419. The highest BCUT2D eigenvalue weighted by Crippen LogP contribution is 2.50. The van der Waals surface area contributed by atoms with Crippen LogP contribution in [-0.4, -0.2) is 69.3 Å². The first-order valence-corrected chi connectivity index (χ1v) is 13.8. The van der Waals surface area contributed by atoms with Crippen molar-refractivity contribution in [3.8, 4) is 5.75 Å². The number of ether oxygens (including phenoxy) is 2. The number of nitrogens with zero attached hydrogens (tertiary/aromatic N) is 1. The molecule has 0 spiro atoms. The Bertz CT molecular complexity index is 1310. The van der Waals surface area contributed by atoms with Gasteiger partial charge in [0.25, 0.3) is 0 Å². The molecule has 9 heteroatoms. The average Bonchev–Trinajstić information content (AvgIpc) is 2.97. The van der Waals surface area contributed by atoms with Crippen molar-refractivity contribution in [2.24, 2.45) is 0 Å². The standard InChI is InChI=1S/C31H33NO8/c33-16-24-28(36)29(37)30(38)31(40-24)39-19-14-12-17(13-15-19)25-26-20(8-4-10-22(26)34)32(18-6-2-1-3-7-18)21-9-5-11-23(35)27(21)25/h1-3,6-7,12-15,24-25,28-31,33,36-38H,4-5,8-11,16H2/t24-,28-,29-,30-,31-/m1/s1. The van der Waals surface area contributed by atoms with E-state index in [4.69, 9.17) is 9.47 Å². The molecule has 9 nitrogen and oxygen atoms in total. The molecule has 5 atom stereocenters. The summed E-state index contributed by atoms with van der Waals surface area (Å²) in [5.74, 6) is -0.0486. The molecule has 0 radical (unpaired) electrons. The van der Waals surface area contributed by atoms with E-state index in [9.17, 15) is 30.0 Å². The summed E-state index contributed by atoms with van der Waals surface area (Å²) < 4.78 is 11.2. The first-order valence-electron chi connectivity index (χ1n) is 13.8. The molecule has 210 valence electrons. The third-order valence-electron chi connectivity index (χ3n) is 8.30. The van der Waals surface area contributed by atoms with Crippen molar-refractivity contribution >= 4 is 17.3 Å². The van der Waals surface area contributed by atoms with E-state index in [0.29, 0.717) is 29.7 Å². The maximum absolute atomic E-state index is 13.5. The fourth-order valence-electron chi connectivity index (χ4n) is 6.38. The Hall–Kier alpha value is -3.34. The number of carbonyl (C=O) groups excluding carboxylic acids is 2. The number of aliphatic hydroxyl groups is 4. The summed E-state index contributed by atoms with van der Waals surface area (Å²) in [4.78, 5) is 29.1. The van der Waals surface area contributed by atoms with E-state index in [1.54, 1.807) is 24.3 Å². The molecule has 2 aromatic rings. The second-order valence-corrected chi connectivity index (χ2v) is 10.8. The van der Waals surface area contributed by atoms with Gasteiger partial charge in [0.05, 0.1) is 6.61 Å². The van der Waals surface area contributed by atoms with E-state index in [2.05, 4.69) is 4.90 Å². The van der Waals surface area contributed by atoms with E-state index >= 15 is 0 Å². The molecule has 2 heterocycles. The van der Waals surface area contributed by atoms with Crippen LogP contribution in [0.25, 0.3) is 0 Å². The van der Waals surface area contributed by atoms with Gasteiger partial charge in [0, 0.05) is 47.0 Å². The van der Waals surface area contributed by atoms with Crippen LogP contribution in [0.3, 0.4) is 0 Å². The van der Waals surface area contributed by atoms with Gasteiger partial charge >= 0.3 is 0 Å². The number of benzene rings is 2. The normalized spacial score (nSPS) is 29.4. The smallest absolute Gasteiger partial charge is 0.229 e. The van der Waals surface area contributed by atoms with E-state index in [1.807, 2.05) is 30.3 Å². The Morgan fingerprint density at radius 1 is 0.775 bits per heavy atom. The van der Waals surface area contributed by atoms with Crippen LogP contribution in [-0.2, 0) is 14.3 Å². The predicted molar refractivity (Wildman–Crippen MR) is 144 cm³/mol. The monoisotopic (exact) mass is 547 g/mol. The molecular weight excluding hydrogens is 514 g/mol. The van der Waals surface area contributed by atoms with Gasteiger partial charge in [0.2, 0.25) is 6.29 Å². The Labute approximate surface area is 232 Å². The number of carbonyl (C=O) groups is 2. The third kappa shape index (κ3) is 4.57. The number of allylic oxidation sites excluding steroid dienone is 4. The van der Waals surface area contributed by atoms with Gasteiger partial charge in [-0.1, -0.05) is 30.3 Å². The Morgan fingerprint density at radius 3 is 1.95 bits per heavy atom. The van der Waals surface area contributed by atoms with Crippen molar-refractivity contribution in [3.63, 3.8) is 0 Å². The number of hydrogen-bond donors (Lipinski definition) is 4. The van der Waals surface area contributed by atoms with Crippen LogP contribution in [0.5, 0.6) is 5.75 Å². The molecule has 6 rings (SSSR count). The number of Topliss-reactive ketones (excluding diaryl/α,β-unsaturated/α-hetero) is 2. The lowest BCUT2D eigenvalue weighted by Crippen LogP contribution is -2.60. The topological polar surface area (TPSA) is 137 Å². The lowest BCUT2D eigenvalue weighted by atomic mass is 9.71. The molecule has 0 bridgehead atoms. The predicted octanol–water partition coefficient (Wildman–Crippen LogP) is 2.48. The van der Waals surface area contributed by atoms with Crippen LogP contribution in [0.1, 0.15) is 50.0 Å². The minimum atomic E-state index is -1.55. The van der Waals surface area contributed by atoms with Gasteiger partial charge in [-0.15, -0.1) is 0 Å². The van der Waals surface area contributed by atoms with Gasteiger partial charge in [-0.25, -0.2) is 0 Å². The maximum atomic E-state index is 13.5. The van der Waals surface area contributed by atoms with Crippen LogP contribution in [0.15, 0.2) is 77.1 Å². The van der Waals surface area contributed by atoms with Crippen LogP contribution in [0.4, 0.5) is 5.69 Å². The van der Waals surface area contributed by atoms with Gasteiger partial charge < -0.3 is 34.8 Å². The zero-order chi connectivity index (χ0) is 28.0. The molecule has 40 heavy (non-hydrogen) atoms. The molecule has 2 aliphatic heterocycles. The van der Waals surface area contributed by atoms with E-state index in [-0.39, 0.29) is 11.6 Å². The number of ketones is 2. The van der Waals surface area contributed by atoms with Gasteiger partial charge in [0.1, 0.15) is 30.2 Å². The second-order valence-electron chi connectivity index (χ2n) is 10.8. The van der Waals surface area contributed by atoms with Crippen LogP contribution in [0.2, 0.25) is 0 Å². The van der Waals surface area contributed by atoms with Crippen molar-refractivity contribution in [1.29, 1.82) is 0 Å². The average molecular weight is 548 g/mol. The minimum Gasteiger partial charge on any atom is -0.462 e. The van der Waals surface area contributed by atoms with E-state index in [0.717, 1.165) is 48.3 Å². The summed E-state index contributed by atoms with van der Waals surface area (Å²) >= 11 is 0. The van der Waals surface area contributed by atoms with Crippen LogP contribution >= 0.6 is 0 Å². The van der Waals surface area contributed by atoms with Crippen molar-refractivity contribution in [2.75, 3.05) is 11.5 Å². The highest BCUT2D eigenvalue weighted by molar-refractivity contribution is 6.07. The first-order chi connectivity index (χ1) is 19.4. The highest BCUT2D eigenvalue weighted by Gasteiger charge is 2.46. The molecule has 1 fully saturated rings. The minimum absolute atomic E-state index is 0.0544. The molecule has 2 aromatic carbocycles. The molecule has 0 unspecified atom stereocenters. The Kier molecular flexibility index (Phi) is 7.33. The molecule has 4 aliphatic rings. The van der Waals surface area contributed by atoms with Crippen molar-refractivity contribution in [1.82, 2.24) is 0 Å². The molecular formula is C31H33NO8. The van der Waals surface area contributed by atoms with E-state index < -0.39 is 43.2 Å². The quantitative estimate of drug-likeness (QED) is 0.445. The van der Waals surface area contributed by atoms with Crippen molar-refractivity contribution in [3.05, 3.63) is 82.7 Å².